The molecule has 6 nitrogen and oxygen atoms in total. The summed E-state index contributed by atoms with van der Waals surface area (Å²) in [6.07, 6.45) is 3.60. The Morgan fingerprint density at radius 1 is 0.222 bits per heavy atom. The number of rotatable bonds is 8. The van der Waals surface area contributed by atoms with E-state index in [0.717, 1.165) is 67.0 Å². The van der Waals surface area contributed by atoms with Crippen LogP contribution in [0, 0.1) is 0 Å². The molecule has 0 spiro atoms. The lowest BCUT2D eigenvalue weighted by atomic mass is 10.00. The molecule has 3 aromatic heterocycles. The Hall–Kier alpha value is -7.44. The predicted molar refractivity (Wildman–Crippen MR) is 217 cm³/mol. The largest absolute Gasteiger partial charge is 0.265 e. The molecule has 0 N–H and O–H groups in total. The van der Waals surface area contributed by atoms with Gasteiger partial charge in [-0.1, -0.05) is 152 Å². The Morgan fingerprint density at radius 2 is 0.574 bits per heavy atom. The molecule has 6 aromatic carbocycles. The highest BCUT2D eigenvalue weighted by atomic mass is 15.0. The molecule has 0 aliphatic heterocycles. The van der Waals surface area contributed by atoms with Crippen LogP contribution in [0.15, 0.2) is 194 Å². The standard InChI is InChI=1S/C48H32N6/c1-4-12-35(13-5-1)43-32-44(51-45(50-43)37-14-6-2-7-15-37)36-24-22-33(23-25-36)39-18-10-20-41(30-39)47-52-46(38-16-8-3-9-17-38)53-48(54-47)42-21-11-19-40(31-42)34-26-28-49-29-27-34/h1-32H. The molecule has 0 fully saturated rings. The first-order chi connectivity index (χ1) is 26.7. The van der Waals surface area contributed by atoms with Gasteiger partial charge in [-0.2, -0.15) is 0 Å². The Labute approximate surface area is 313 Å². The molecule has 0 bridgehead atoms. The molecular weight excluding hydrogens is 661 g/mol. The molecule has 3 heterocycles. The molecule has 0 aliphatic rings. The van der Waals surface area contributed by atoms with Gasteiger partial charge in [-0.15, -0.1) is 0 Å². The van der Waals surface area contributed by atoms with Crippen LogP contribution in [0.25, 0.3) is 90.3 Å². The summed E-state index contributed by atoms with van der Waals surface area (Å²) in [6, 6.07) is 61.6. The van der Waals surface area contributed by atoms with Crippen LogP contribution in [0.2, 0.25) is 0 Å². The summed E-state index contributed by atoms with van der Waals surface area (Å²) in [5.41, 5.74) is 11.8. The average Bonchev–Trinajstić information content (AvgIpc) is 3.27. The number of hydrogen-bond donors (Lipinski definition) is 0. The van der Waals surface area contributed by atoms with E-state index in [0.29, 0.717) is 23.3 Å². The van der Waals surface area contributed by atoms with Gasteiger partial charge in [0.1, 0.15) is 0 Å². The third-order valence-electron chi connectivity index (χ3n) is 9.26. The molecule has 0 amide bonds. The van der Waals surface area contributed by atoms with Gasteiger partial charge >= 0.3 is 0 Å². The monoisotopic (exact) mass is 692 g/mol. The minimum absolute atomic E-state index is 0.606. The van der Waals surface area contributed by atoms with Crippen molar-refractivity contribution < 1.29 is 0 Å². The molecule has 0 saturated heterocycles. The van der Waals surface area contributed by atoms with E-state index < -0.39 is 0 Å². The molecule has 0 unspecified atom stereocenters. The molecule has 6 heteroatoms. The van der Waals surface area contributed by atoms with Crippen molar-refractivity contribution in [2.75, 3.05) is 0 Å². The van der Waals surface area contributed by atoms with Crippen molar-refractivity contribution in [3.05, 3.63) is 194 Å². The van der Waals surface area contributed by atoms with Crippen LogP contribution < -0.4 is 0 Å². The topological polar surface area (TPSA) is 77.3 Å². The van der Waals surface area contributed by atoms with Gasteiger partial charge in [-0.3, -0.25) is 4.98 Å². The maximum atomic E-state index is 5.04. The second kappa shape index (κ2) is 14.7. The van der Waals surface area contributed by atoms with Crippen molar-refractivity contribution in [1.29, 1.82) is 0 Å². The summed E-state index contributed by atoms with van der Waals surface area (Å²) in [5, 5.41) is 0. The van der Waals surface area contributed by atoms with Gasteiger partial charge in [0.2, 0.25) is 0 Å². The van der Waals surface area contributed by atoms with Crippen LogP contribution in [0.1, 0.15) is 0 Å². The molecule has 0 saturated carbocycles. The molecule has 0 aliphatic carbocycles. The van der Waals surface area contributed by atoms with E-state index in [4.69, 9.17) is 24.9 Å². The summed E-state index contributed by atoms with van der Waals surface area (Å²) in [6.45, 7) is 0. The maximum Gasteiger partial charge on any atom is 0.164 e. The van der Waals surface area contributed by atoms with Gasteiger partial charge in [0.25, 0.3) is 0 Å². The Balaban J connectivity index is 1.08. The van der Waals surface area contributed by atoms with E-state index >= 15 is 0 Å². The fourth-order valence-corrected chi connectivity index (χ4v) is 6.47. The van der Waals surface area contributed by atoms with E-state index in [-0.39, 0.29) is 0 Å². The molecule has 9 rings (SSSR count). The van der Waals surface area contributed by atoms with Crippen molar-refractivity contribution in [2.24, 2.45) is 0 Å². The smallest absolute Gasteiger partial charge is 0.164 e. The lowest BCUT2D eigenvalue weighted by Crippen LogP contribution is -2.00. The van der Waals surface area contributed by atoms with E-state index in [9.17, 15) is 0 Å². The number of benzene rings is 6. The summed E-state index contributed by atoms with van der Waals surface area (Å²) in [7, 11) is 0. The van der Waals surface area contributed by atoms with Gasteiger partial charge in [0, 0.05) is 45.8 Å². The quantitative estimate of drug-likeness (QED) is 0.158. The van der Waals surface area contributed by atoms with Gasteiger partial charge in [0.15, 0.2) is 23.3 Å². The van der Waals surface area contributed by atoms with Crippen molar-refractivity contribution in [3.8, 4) is 90.3 Å². The fraction of sp³-hybridized carbons (Fsp3) is 0. The first-order valence-corrected chi connectivity index (χ1v) is 17.8. The zero-order valence-electron chi connectivity index (χ0n) is 29.2. The van der Waals surface area contributed by atoms with Crippen molar-refractivity contribution in [1.82, 2.24) is 29.9 Å². The molecule has 254 valence electrons. The van der Waals surface area contributed by atoms with Gasteiger partial charge in [-0.05, 0) is 52.6 Å². The normalized spacial score (nSPS) is 11.0. The number of aromatic nitrogens is 6. The zero-order chi connectivity index (χ0) is 36.1. The van der Waals surface area contributed by atoms with Crippen LogP contribution in [0.5, 0.6) is 0 Å². The summed E-state index contributed by atoms with van der Waals surface area (Å²) in [4.78, 5) is 29.1. The highest BCUT2D eigenvalue weighted by Gasteiger charge is 2.15. The Morgan fingerprint density at radius 3 is 1.07 bits per heavy atom. The molecular formula is C48H32N6. The molecule has 54 heavy (non-hydrogen) atoms. The molecule has 0 atom stereocenters. The zero-order valence-corrected chi connectivity index (χ0v) is 29.2. The highest BCUT2D eigenvalue weighted by molar-refractivity contribution is 5.77. The fourth-order valence-electron chi connectivity index (χ4n) is 6.47. The van der Waals surface area contributed by atoms with Crippen molar-refractivity contribution in [3.63, 3.8) is 0 Å². The summed E-state index contributed by atoms with van der Waals surface area (Å²) in [5.74, 6) is 2.53. The maximum absolute atomic E-state index is 5.04. The number of pyridine rings is 1. The summed E-state index contributed by atoms with van der Waals surface area (Å²) >= 11 is 0. The third kappa shape index (κ3) is 6.92. The van der Waals surface area contributed by atoms with Crippen LogP contribution in [0.3, 0.4) is 0 Å². The van der Waals surface area contributed by atoms with Crippen LogP contribution >= 0.6 is 0 Å². The van der Waals surface area contributed by atoms with Gasteiger partial charge < -0.3 is 0 Å². The van der Waals surface area contributed by atoms with Crippen LogP contribution in [-0.2, 0) is 0 Å². The number of nitrogens with zero attached hydrogens (tertiary/aromatic N) is 6. The van der Waals surface area contributed by atoms with Crippen LogP contribution in [0.4, 0.5) is 0 Å². The number of hydrogen-bond acceptors (Lipinski definition) is 6. The highest BCUT2D eigenvalue weighted by Crippen LogP contribution is 2.32. The van der Waals surface area contributed by atoms with E-state index in [1.807, 2.05) is 103 Å². The minimum Gasteiger partial charge on any atom is -0.265 e. The predicted octanol–water partition coefficient (Wildman–Crippen LogP) is 11.4. The van der Waals surface area contributed by atoms with Crippen molar-refractivity contribution in [2.45, 2.75) is 0 Å². The molecule has 9 aromatic rings. The SMILES string of the molecule is c1ccc(-c2cc(-c3ccc(-c4cccc(-c5nc(-c6ccccc6)nc(-c6cccc(-c7ccncc7)c6)n5)c4)cc3)nc(-c3ccccc3)n2)cc1. The minimum atomic E-state index is 0.606. The van der Waals surface area contributed by atoms with E-state index in [1.165, 1.54) is 0 Å². The Kier molecular flexibility index (Phi) is 8.81. The third-order valence-corrected chi connectivity index (χ3v) is 9.26. The second-order valence-electron chi connectivity index (χ2n) is 12.8. The van der Waals surface area contributed by atoms with E-state index in [2.05, 4.69) is 83.8 Å². The molecule has 0 radical (unpaired) electrons. The Bertz CT molecular complexity index is 2630. The lowest BCUT2D eigenvalue weighted by Gasteiger charge is -2.11. The van der Waals surface area contributed by atoms with Crippen molar-refractivity contribution >= 4 is 0 Å². The average molecular weight is 693 g/mol. The summed E-state index contributed by atoms with van der Waals surface area (Å²) < 4.78 is 0. The first kappa shape index (κ1) is 32.5. The lowest BCUT2D eigenvalue weighted by molar-refractivity contribution is 1.07. The van der Waals surface area contributed by atoms with Gasteiger partial charge in [0.05, 0.1) is 11.4 Å². The van der Waals surface area contributed by atoms with Gasteiger partial charge in [-0.25, -0.2) is 24.9 Å². The second-order valence-corrected chi connectivity index (χ2v) is 12.8. The van der Waals surface area contributed by atoms with Crippen LogP contribution in [-0.4, -0.2) is 29.9 Å². The first-order valence-electron chi connectivity index (χ1n) is 17.8. The van der Waals surface area contributed by atoms with E-state index in [1.54, 1.807) is 12.4 Å².